The third-order valence-electron chi connectivity index (χ3n) is 3.68. The summed E-state index contributed by atoms with van der Waals surface area (Å²) < 4.78 is 0.380. The van der Waals surface area contributed by atoms with Gasteiger partial charge in [-0.25, -0.2) is 0 Å². The molecule has 86 valence electrons. The molecule has 2 N–H and O–H groups in total. The van der Waals surface area contributed by atoms with Gasteiger partial charge in [0.05, 0.1) is 5.92 Å². The zero-order valence-electron chi connectivity index (χ0n) is 9.51. The van der Waals surface area contributed by atoms with E-state index in [1.54, 1.807) is 0 Å². The highest BCUT2D eigenvalue weighted by atomic mass is 32.2. The van der Waals surface area contributed by atoms with Crippen LogP contribution < -0.4 is 10.6 Å². The van der Waals surface area contributed by atoms with Crippen LogP contribution in [-0.4, -0.2) is 36.5 Å². The minimum Gasteiger partial charge on any atom is -0.354 e. The van der Waals surface area contributed by atoms with Gasteiger partial charge < -0.3 is 10.6 Å². The standard InChI is InChI=1S/C11H20N2OS/c1-8-5-12-6-9(8)10(14)13-7-11(15-2)3-4-11/h8-9,12H,3-7H2,1-2H3,(H,13,14). The molecule has 0 radical (unpaired) electrons. The Morgan fingerprint density at radius 3 is 2.73 bits per heavy atom. The fourth-order valence-electron chi connectivity index (χ4n) is 2.13. The monoisotopic (exact) mass is 228 g/mol. The van der Waals surface area contributed by atoms with Crippen LogP contribution in [0.5, 0.6) is 0 Å². The van der Waals surface area contributed by atoms with Crippen LogP contribution >= 0.6 is 11.8 Å². The molecule has 0 aromatic rings. The average molecular weight is 228 g/mol. The molecule has 1 heterocycles. The summed E-state index contributed by atoms with van der Waals surface area (Å²) in [5.41, 5.74) is 0. The van der Waals surface area contributed by atoms with Crippen LogP contribution in [0.3, 0.4) is 0 Å². The molecule has 1 aliphatic carbocycles. The first-order valence-corrected chi connectivity index (χ1v) is 6.93. The number of nitrogens with one attached hydrogen (secondary N) is 2. The van der Waals surface area contributed by atoms with Crippen molar-refractivity contribution in [3.8, 4) is 0 Å². The molecule has 4 heteroatoms. The third-order valence-corrected chi connectivity index (χ3v) is 5.10. The molecule has 2 rings (SSSR count). The first kappa shape index (κ1) is 11.3. The van der Waals surface area contributed by atoms with Crippen LogP contribution in [0.4, 0.5) is 0 Å². The number of hydrogen-bond donors (Lipinski definition) is 2. The van der Waals surface area contributed by atoms with Crippen LogP contribution in [-0.2, 0) is 4.79 Å². The van der Waals surface area contributed by atoms with Gasteiger partial charge in [0.25, 0.3) is 0 Å². The predicted octanol–water partition coefficient (Wildman–Crippen LogP) is 0.854. The van der Waals surface area contributed by atoms with Gasteiger partial charge in [-0.1, -0.05) is 6.92 Å². The molecule has 2 fully saturated rings. The molecule has 1 aliphatic heterocycles. The lowest BCUT2D eigenvalue weighted by molar-refractivity contribution is -0.125. The van der Waals surface area contributed by atoms with E-state index in [1.165, 1.54) is 12.8 Å². The zero-order chi connectivity index (χ0) is 10.9. The summed E-state index contributed by atoms with van der Waals surface area (Å²) in [5, 5.41) is 6.37. The van der Waals surface area contributed by atoms with Crippen molar-refractivity contribution in [3.05, 3.63) is 0 Å². The maximum absolute atomic E-state index is 11.9. The Bertz CT molecular complexity index is 253. The molecule has 2 aliphatic rings. The van der Waals surface area contributed by atoms with Crippen molar-refractivity contribution >= 4 is 17.7 Å². The Balaban J connectivity index is 1.77. The first-order valence-electron chi connectivity index (χ1n) is 5.70. The molecule has 2 unspecified atom stereocenters. The van der Waals surface area contributed by atoms with E-state index in [-0.39, 0.29) is 11.8 Å². The molecule has 0 aromatic heterocycles. The largest absolute Gasteiger partial charge is 0.354 e. The summed E-state index contributed by atoms with van der Waals surface area (Å²) in [6, 6.07) is 0. The van der Waals surface area contributed by atoms with Crippen molar-refractivity contribution in [2.45, 2.75) is 24.5 Å². The van der Waals surface area contributed by atoms with E-state index < -0.39 is 0 Å². The Morgan fingerprint density at radius 2 is 2.27 bits per heavy atom. The number of amides is 1. The SMILES string of the molecule is CSC1(CNC(=O)C2CNCC2C)CC1. The lowest BCUT2D eigenvalue weighted by atomic mass is 9.97. The first-order chi connectivity index (χ1) is 7.17. The second-order valence-corrected chi connectivity index (χ2v) is 6.12. The quantitative estimate of drug-likeness (QED) is 0.749. The van der Waals surface area contributed by atoms with Gasteiger partial charge in [-0.15, -0.1) is 0 Å². The highest BCUT2D eigenvalue weighted by Crippen LogP contribution is 2.46. The van der Waals surface area contributed by atoms with Gasteiger partial charge in [0.15, 0.2) is 0 Å². The molecular weight excluding hydrogens is 208 g/mol. The summed E-state index contributed by atoms with van der Waals surface area (Å²) in [7, 11) is 0. The Morgan fingerprint density at radius 1 is 1.53 bits per heavy atom. The minimum atomic E-state index is 0.183. The van der Waals surface area contributed by atoms with E-state index in [0.29, 0.717) is 10.7 Å². The average Bonchev–Trinajstić information content (AvgIpc) is 2.91. The van der Waals surface area contributed by atoms with Crippen molar-refractivity contribution in [2.75, 3.05) is 25.9 Å². The van der Waals surface area contributed by atoms with Gasteiger partial charge in [0.2, 0.25) is 5.91 Å². The molecule has 15 heavy (non-hydrogen) atoms. The van der Waals surface area contributed by atoms with Crippen molar-refractivity contribution in [1.82, 2.24) is 10.6 Å². The van der Waals surface area contributed by atoms with Crippen LogP contribution in [0, 0.1) is 11.8 Å². The molecule has 2 atom stereocenters. The maximum atomic E-state index is 11.9. The highest BCUT2D eigenvalue weighted by molar-refractivity contribution is 8.00. The molecule has 0 bridgehead atoms. The summed E-state index contributed by atoms with van der Waals surface area (Å²) >= 11 is 1.89. The number of carbonyl (C=O) groups excluding carboxylic acids is 1. The summed E-state index contributed by atoms with van der Waals surface area (Å²) in [5.74, 6) is 0.907. The summed E-state index contributed by atoms with van der Waals surface area (Å²) in [6.45, 7) is 4.83. The van der Waals surface area contributed by atoms with Gasteiger partial charge in [-0.05, 0) is 31.6 Å². The van der Waals surface area contributed by atoms with E-state index in [0.717, 1.165) is 19.6 Å². The van der Waals surface area contributed by atoms with Gasteiger partial charge in [0.1, 0.15) is 0 Å². The molecular formula is C11H20N2OS. The van der Waals surface area contributed by atoms with Crippen molar-refractivity contribution in [2.24, 2.45) is 11.8 Å². The van der Waals surface area contributed by atoms with Gasteiger partial charge in [-0.3, -0.25) is 4.79 Å². The van der Waals surface area contributed by atoms with Crippen molar-refractivity contribution < 1.29 is 4.79 Å². The second kappa shape index (κ2) is 4.34. The smallest absolute Gasteiger partial charge is 0.224 e. The highest BCUT2D eigenvalue weighted by Gasteiger charge is 2.42. The van der Waals surface area contributed by atoms with E-state index in [9.17, 15) is 4.79 Å². The minimum absolute atomic E-state index is 0.183. The summed E-state index contributed by atoms with van der Waals surface area (Å²) in [6.07, 6.45) is 4.65. The topological polar surface area (TPSA) is 41.1 Å². The fraction of sp³-hybridized carbons (Fsp3) is 0.909. The molecule has 0 spiro atoms. The predicted molar refractivity (Wildman–Crippen MR) is 64.0 cm³/mol. The van der Waals surface area contributed by atoms with Gasteiger partial charge >= 0.3 is 0 Å². The summed E-state index contributed by atoms with van der Waals surface area (Å²) in [4.78, 5) is 11.9. The lowest BCUT2D eigenvalue weighted by Crippen LogP contribution is -2.38. The van der Waals surface area contributed by atoms with E-state index >= 15 is 0 Å². The van der Waals surface area contributed by atoms with Gasteiger partial charge in [-0.2, -0.15) is 11.8 Å². The van der Waals surface area contributed by atoms with Gasteiger partial charge in [0, 0.05) is 17.8 Å². The molecule has 3 nitrogen and oxygen atoms in total. The Labute approximate surface area is 95.8 Å². The molecule has 1 saturated carbocycles. The van der Waals surface area contributed by atoms with Crippen molar-refractivity contribution in [3.63, 3.8) is 0 Å². The number of carbonyl (C=O) groups is 1. The van der Waals surface area contributed by atoms with Crippen molar-refractivity contribution in [1.29, 1.82) is 0 Å². The number of thioether (sulfide) groups is 1. The zero-order valence-corrected chi connectivity index (χ0v) is 10.3. The van der Waals surface area contributed by atoms with Crippen LogP contribution in [0.1, 0.15) is 19.8 Å². The van der Waals surface area contributed by atoms with E-state index in [2.05, 4.69) is 23.8 Å². The lowest BCUT2D eigenvalue weighted by Gasteiger charge is -2.17. The third kappa shape index (κ3) is 2.48. The van der Waals surface area contributed by atoms with Crippen LogP contribution in [0.2, 0.25) is 0 Å². The number of hydrogen-bond acceptors (Lipinski definition) is 3. The van der Waals surface area contributed by atoms with Crippen LogP contribution in [0.15, 0.2) is 0 Å². The molecule has 1 amide bonds. The molecule has 1 saturated heterocycles. The Kier molecular flexibility index (Phi) is 3.26. The van der Waals surface area contributed by atoms with E-state index in [4.69, 9.17) is 0 Å². The van der Waals surface area contributed by atoms with Crippen LogP contribution in [0.25, 0.3) is 0 Å². The Hall–Kier alpha value is -0.220. The van der Waals surface area contributed by atoms with E-state index in [1.807, 2.05) is 11.8 Å². The number of rotatable bonds is 4. The second-order valence-electron chi connectivity index (χ2n) is 4.85. The molecule has 0 aromatic carbocycles. The maximum Gasteiger partial charge on any atom is 0.224 e. The normalized spacial score (nSPS) is 32.7. The fourth-order valence-corrected chi connectivity index (χ4v) is 2.86.